The average Bonchev–Trinajstić information content (AvgIpc) is 2.52. The third-order valence-corrected chi connectivity index (χ3v) is 3.07. The van der Waals surface area contributed by atoms with Crippen molar-refractivity contribution in [1.82, 2.24) is 0 Å². The number of allylic oxidation sites excluding steroid dienone is 1. The molecule has 3 rings (SSSR count). The maximum absolute atomic E-state index is 2.37. The van der Waals surface area contributed by atoms with Crippen LogP contribution in [0.1, 0.15) is 35.4 Å². The molecule has 0 heterocycles. The highest BCUT2D eigenvalue weighted by Gasteiger charge is 2.23. The average molecular weight is 156 g/mol. The van der Waals surface area contributed by atoms with Crippen LogP contribution >= 0.6 is 0 Å². The highest BCUT2D eigenvalue weighted by molar-refractivity contribution is 5.65. The molecule has 0 saturated carbocycles. The minimum Gasteiger partial charge on any atom is -0.0764 e. The monoisotopic (exact) mass is 156 g/mol. The molecular weight excluding hydrogens is 144 g/mol. The third-order valence-electron chi connectivity index (χ3n) is 3.07. The van der Waals surface area contributed by atoms with Gasteiger partial charge >= 0.3 is 0 Å². The molecule has 2 aliphatic carbocycles. The molecule has 0 fully saturated rings. The Kier molecular flexibility index (Phi) is 1.20. The van der Waals surface area contributed by atoms with E-state index in [0.717, 1.165) is 5.92 Å². The Morgan fingerprint density at radius 1 is 1.25 bits per heavy atom. The summed E-state index contributed by atoms with van der Waals surface area (Å²) >= 11 is 0. The van der Waals surface area contributed by atoms with E-state index in [2.05, 4.69) is 30.4 Å². The fourth-order valence-electron chi connectivity index (χ4n) is 2.52. The topological polar surface area (TPSA) is 0 Å². The van der Waals surface area contributed by atoms with Gasteiger partial charge in [-0.2, -0.15) is 0 Å². The lowest BCUT2D eigenvalue weighted by molar-refractivity contribution is 0.635. The first-order chi connectivity index (χ1) is 5.95. The van der Waals surface area contributed by atoms with Gasteiger partial charge in [0.05, 0.1) is 0 Å². The Morgan fingerprint density at radius 3 is 3.25 bits per heavy atom. The molecular formula is C12H12. The molecule has 1 aromatic rings. The second kappa shape index (κ2) is 2.22. The molecule has 0 nitrogen and oxygen atoms in total. The van der Waals surface area contributed by atoms with Gasteiger partial charge in [0.1, 0.15) is 0 Å². The van der Waals surface area contributed by atoms with Crippen molar-refractivity contribution in [2.24, 2.45) is 0 Å². The first-order valence-corrected chi connectivity index (χ1v) is 4.75. The van der Waals surface area contributed by atoms with Gasteiger partial charge in [0.25, 0.3) is 0 Å². The number of benzene rings is 1. The van der Waals surface area contributed by atoms with Crippen LogP contribution in [0.5, 0.6) is 0 Å². The van der Waals surface area contributed by atoms with Crippen molar-refractivity contribution in [3.63, 3.8) is 0 Å². The lowest BCUT2D eigenvalue weighted by Gasteiger charge is -2.20. The Labute approximate surface area is 72.9 Å². The Hall–Kier alpha value is -1.04. The van der Waals surface area contributed by atoms with Gasteiger partial charge in [-0.15, -0.1) is 0 Å². The molecule has 0 bridgehead atoms. The maximum Gasteiger partial charge on any atom is 0.00300 e. The Morgan fingerprint density at radius 2 is 2.25 bits per heavy atom. The molecule has 0 aliphatic heterocycles. The summed E-state index contributed by atoms with van der Waals surface area (Å²) in [6.45, 7) is 0. The molecule has 12 heavy (non-hydrogen) atoms. The molecule has 0 amide bonds. The van der Waals surface area contributed by atoms with Crippen molar-refractivity contribution in [3.8, 4) is 0 Å². The van der Waals surface area contributed by atoms with Crippen LogP contribution in [0.25, 0.3) is 6.08 Å². The number of rotatable bonds is 0. The van der Waals surface area contributed by atoms with E-state index >= 15 is 0 Å². The summed E-state index contributed by atoms with van der Waals surface area (Å²) in [5, 5.41) is 0. The summed E-state index contributed by atoms with van der Waals surface area (Å²) in [7, 11) is 0. The van der Waals surface area contributed by atoms with Crippen LogP contribution in [0.15, 0.2) is 24.3 Å². The van der Waals surface area contributed by atoms with Gasteiger partial charge in [0.2, 0.25) is 0 Å². The van der Waals surface area contributed by atoms with E-state index in [-0.39, 0.29) is 0 Å². The molecule has 0 heteroatoms. The first kappa shape index (κ1) is 6.47. The summed E-state index contributed by atoms with van der Waals surface area (Å²) in [6, 6.07) is 6.71. The van der Waals surface area contributed by atoms with Crippen LogP contribution in [-0.2, 0) is 6.42 Å². The van der Waals surface area contributed by atoms with Gasteiger partial charge < -0.3 is 0 Å². The number of hydrogen-bond acceptors (Lipinski definition) is 0. The minimum atomic E-state index is 0.755. The Balaban J connectivity index is 2.28. The van der Waals surface area contributed by atoms with E-state index in [4.69, 9.17) is 0 Å². The van der Waals surface area contributed by atoms with Crippen LogP contribution in [-0.4, -0.2) is 0 Å². The highest BCUT2D eigenvalue weighted by atomic mass is 14.3. The molecule has 0 N–H and O–H groups in total. The molecule has 0 spiro atoms. The molecule has 2 aliphatic rings. The molecule has 0 saturated heterocycles. The summed E-state index contributed by atoms with van der Waals surface area (Å²) in [5.74, 6) is 0.755. The highest BCUT2D eigenvalue weighted by Crippen LogP contribution is 2.39. The predicted octanol–water partition coefficient (Wildman–Crippen LogP) is 3.13. The SMILES string of the molecule is C1=CC2CCCc3cccc1c32. The van der Waals surface area contributed by atoms with Gasteiger partial charge in [0.15, 0.2) is 0 Å². The summed E-state index contributed by atoms with van der Waals surface area (Å²) in [4.78, 5) is 0. The van der Waals surface area contributed by atoms with Crippen LogP contribution in [0.3, 0.4) is 0 Å². The van der Waals surface area contributed by atoms with Gasteiger partial charge in [-0.1, -0.05) is 30.4 Å². The van der Waals surface area contributed by atoms with Gasteiger partial charge in [-0.25, -0.2) is 0 Å². The second-order valence-corrected chi connectivity index (χ2v) is 3.78. The number of aryl methyl sites for hydroxylation is 1. The van der Waals surface area contributed by atoms with Crippen molar-refractivity contribution >= 4 is 6.08 Å². The van der Waals surface area contributed by atoms with Crippen molar-refractivity contribution < 1.29 is 0 Å². The van der Waals surface area contributed by atoms with Crippen LogP contribution < -0.4 is 0 Å². The van der Waals surface area contributed by atoms with E-state index in [1.165, 1.54) is 24.8 Å². The normalized spacial score (nSPS) is 24.2. The quantitative estimate of drug-likeness (QED) is 0.541. The van der Waals surface area contributed by atoms with Crippen LogP contribution in [0, 0.1) is 0 Å². The van der Waals surface area contributed by atoms with Crippen molar-refractivity contribution in [2.75, 3.05) is 0 Å². The van der Waals surface area contributed by atoms with Crippen LogP contribution in [0.4, 0.5) is 0 Å². The zero-order valence-electron chi connectivity index (χ0n) is 7.09. The lowest BCUT2D eigenvalue weighted by atomic mass is 9.84. The van der Waals surface area contributed by atoms with E-state index < -0.39 is 0 Å². The molecule has 1 aromatic carbocycles. The van der Waals surface area contributed by atoms with Crippen molar-refractivity contribution in [2.45, 2.75) is 25.2 Å². The predicted molar refractivity (Wildman–Crippen MR) is 51.2 cm³/mol. The fraction of sp³-hybridized carbons (Fsp3) is 0.333. The summed E-state index contributed by atoms with van der Waals surface area (Å²) in [6.07, 6.45) is 8.68. The van der Waals surface area contributed by atoms with Crippen molar-refractivity contribution in [1.29, 1.82) is 0 Å². The molecule has 0 aromatic heterocycles. The third kappa shape index (κ3) is 0.726. The maximum atomic E-state index is 2.37. The number of hydrogen-bond donors (Lipinski definition) is 0. The second-order valence-electron chi connectivity index (χ2n) is 3.78. The molecule has 1 atom stereocenters. The molecule has 60 valence electrons. The van der Waals surface area contributed by atoms with E-state index in [1.54, 1.807) is 11.1 Å². The van der Waals surface area contributed by atoms with Gasteiger partial charge in [-0.3, -0.25) is 0 Å². The summed E-state index contributed by atoms with van der Waals surface area (Å²) < 4.78 is 0. The van der Waals surface area contributed by atoms with Crippen molar-refractivity contribution in [3.05, 3.63) is 41.0 Å². The first-order valence-electron chi connectivity index (χ1n) is 4.75. The molecule has 1 unspecified atom stereocenters. The zero-order valence-corrected chi connectivity index (χ0v) is 7.09. The smallest absolute Gasteiger partial charge is 0.00300 e. The van der Waals surface area contributed by atoms with E-state index in [0.29, 0.717) is 0 Å². The van der Waals surface area contributed by atoms with E-state index in [1.807, 2.05) is 0 Å². The lowest BCUT2D eigenvalue weighted by Crippen LogP contribution is -2.06. The fourth-order valence-corrected chi connectivity index (χ4v) is 2.52. The standard InChI is InChI=1S/C12H12/c1-3-9-4-2-6-11-8-7-10(5-1)12(9)11/h1,3,5,7-8,11H,2,4,6H2. The molecule has 0 radical (unpaired) electrons. The zero-order chi connectivity index (χ0) is 7.97. The largest absolute Gasteiger partial charge is 0.0764 e. The van der Waals surface area contributed by atoms with Crippen LogP contribution in [0.2, 0.25) is 0 Å². The minimum absolute atomic E-state index is 0.755. The van der Waals surface area contributed by atoms with E-state index in [9.17, 15) is 0 Å². The summed E-state index contributed by atoms with van der Waals surface area (Å²) in [5.41, 5.74) is 4.69. The van der Waals surface area contributed by atoms with Gasteiger partial charge in [-0.05, 0) is 36.0 Å². The van der Waals surface area contributed by atoms with Gasteiger partial charge in [0, 0.05) is 5.92 Å². The Bertz CT molecular complexity index is 347.